The fraction of sp³-hybridized carbons (Fsp3) is 0.300. The molecule has 0 aliphatic rings. The molecule has 0 radical (unpaired) electrons. The van der Waals surface area contributed by atoms with E-state index in [1.54, 1.807) is 6.07 Å². The van der Waals surface area contributed by atoms with Gasteiger partial charge in [0.25, 0.3) is 0 Å². The van der Waals surface area contributed by atoms with Gasteiger partial charge < -0.3 is 9.47 Å². The van der Waals surface area contributed by atoms with Gasteiger partial charge in [0.15, 0.2) is 0 Å². The lowest BCUT2D eigenvalue weighted by atomic mass is 10.1. The van der Waals surface area contributed by atoms with Gasteiger partial charge in [-0.3, -0.25) is 0 Å². The van der Waals surface area contributed by atoms with Crippen molar-refractivity contribution in [3.8, 4) is 17.6 Å². The van der Waals surface area contributed by atoms with Gasteiger partial charge in [-0.15, -0.1) is 0 Å². The molecule has 0 aromatic heterocycles. The molecule has 0 heterocycles. The van der Waals surface area contributed by atoms with Gasteiger partial charge in [-0.2, -0.15) is 5.26 Å². The molecular formula is C10H10FNO2. The predicted octanol–water partition coefficient (Wildman–Crippen LogP) is 1.91. The number of methoxy groups -OCH3 is 2. The summed E-state index contributed by atoms with van der Waals surface area (Å²) in [6, 6.07) is 4.66. The standard InChI is InChI=1S/C10H10FNO2/c1-13-7-5-9(11)8(3-4-12)10(6-7)14-2/h5-6H,3H2,1-2H3. The predicted molar refractivity (Wildman–Crippen MR) is 48.8 cm³/mol. The average molecular weight is 195 g/mol. The molecule has 1 aromatic carbocycles. The van der Waals surface area contributed by atoms with Crippen molar-refractivity contribution in [1.82, 2.24) is 0 Å². The first-order valence-electron chi connectivity index (χ1n) is 4.00. The van der Waals surface area contributed by atoms with Crippen molar-refractivity contribution in [2.45, 2.75) is 6.42 Å². The molecule has 0 unspecified atom stereocenters. The molecule has 0 spiro atoms. The van der Waals surface area contributed by atoms with Crippen LogP contribution in [-0.4, -0.2) is 14.2 Å². The highest BCUT2D eigenvalue weighted by Gasteiger charge is 2.11. The van der Waals surface area contributed by atoms with Crippen molar-refractivity contribution in [2.75, 3.05) is 14.2 Å². The molecule has 0 saturated heterocycles. The molecule has 14 heavy (non-hydrogen) atoms. The van der Waals surface area contributed by atoms with Crippen molar-refractivity contribution < 1.29 is 13.9 Å². The summed E-state index contributed by atoms with van der Waals surface area (Å²) in [6.07, 6.45) is -0.0149. The van der Waals surface area contributed by atoms with E-state index < -0.39 is 5.82 Å². The third-order valence-electron chi connectivity index (χ3n) is 1.84. The molecule has 1 aromatic rings. The van der Waals surface area contributed by atoms with Gasteiger partial charge in [-0.1, -0.05) is 0 Å². The smallest absolute Gasteiger partial charge is 0.134 e. The van der Waals surface area contributed by atoms with Crippen LogP contribution in [0.1, 0.15) is 5.56 Å². The van der Waals surface area contributed by atoms with E-state index >= 15 is 0 Å². The summed E-state index contributed by atoms with van der Waals surface area (Å²) in [6.45, 7) is 0. The summed E-state index contributed by atoms with van der Waals surface area (Å²) in [5.41, 5.74) is 0.260. The van der Waals surface area contributed by atoms with E-state index in [4.69, 9.17) is 14.7 Å². The molecule has 1 rings (SSSR count). The van der Waals surface area contributed by atoms with E-state index in [9.17, 15) is 4.39 Å². The highest BCUT2D eigenvalue weighted by Crippen LogP contribution is 2.27. The first-order chi connectivity index (χ1) is 6.72. The second-order valence-electron chi connectivity index (χ2n) is 2.62. The molecule has 4 heteroatoms. The first-order valence-corrected chi connectivity index (χ1v) is 4.00. The largest absolute Gasteiger partial charge is 0.497 e. The summed E-state index contributed by atoms with van der Waals surface area (Å²) in [4.78, 5) is 0. The molecule has 0 saturated carbocycles. The van der Waals surface area contributed by atoms with Crippen LogP contribution in [0.2, 0.25) is 0 Å². The van der Waals surface area contributed by atoms with Gasteiger partial charge in [-0.05, 0) is 0 Å². The average Bonchev–Trinajstić information content (AvgIpc) is 2.20. The second-order valence-corrected chi connectivity index (χ2v) is 2.62. The third kappa shape index (κ3) is 1.94. The Morgan fingerprint density at radius 2 is 2.07 bits per heavy atom. The van der Waals surface area contributed by atoms with Crippen LogP contribution in [0.15, 0.2) is 12.1 Å². The lowest BCUT2D eigenvalue weighted by molar-refractivity contribution is 0.385. The molecule has 3 nitrogen and oxygen atoms in total. The van der Waals surface area contributed by atoms with Gasteiger partial charge in [0.05, 0.1) is 26.7 Å². The van der Waals surface area contributed by atoms with E-state index in [0.717, 1.165) is 0 Å². The molecule has 0 atom stereocenters. The highest BCUT2D eigenvalue weighted by molar-refractivity contribution is 5.43. The summed E-state index contributed by atoms with van der Waals surface area (Å²) >= 11 is 0. The molecule has 0 fully saturated rings. The Hall–Kier alpha value is -1.76. The van der Waals surface area contributed by atoms with E-state index in [1.807, 2.05) is 6.07 Å². The summed E-state index contributed by atoms with van der Waals surface area (Å²) in [5, 5.41) is 8.49. The second kappa shape index (κ2) is 4.47. The van der Waals surface area contributed by atoms with E-state index in [1.165, 1.54) is 20.3 Å². The molecule has 0 amide bonds. The molecule has 0 aliphatic heterocycles. The van der Waals surface area contributed by atoms with Crippen LogP contribution >= 0.6 is 0 Å². The van der Waals surface area contributed by atoms with Gasteiger partial charge >= 0.3 is 0 Å². The van der Waals surface area contributed by atoms with Gasteiger partial charge in [0.1, 0.15) is 17.3 Å². The van der Waals surface area contributed by atoms with Crippen LogP contribution in [0.4, 0.5) is 4.39 Å². The van der Waals surface area contributed by atoms with Gasteiger partial charge in [0, 0.05) is 17.7 Å². The van der Waals surface area contributed by atoms with Crippen LogP contribution < -0.4 is 9.47 Å². The number of ether oxygens (including phenoxy) is 2. The van der Waals surface area contributed by atoms with Crippen LogP contribution in [0.3, 0.4) is 0 Å². The zero-order chi connectivity index (χ0) is 10.6. The number of nitriles is 1. The number of rotatable bonds is 3. The van der Waals surface area contributed by atoms with Gasteiger partial charge in [-0.25, -0.2) is 4.39 Å². The maximum atomic E-state index is 13.4. The Kier molecular flexibility index (Phi) is 3.29. The van der Waals surface area contributed by atoms with Gasteiger partial charge in [0.2, 0.25) is 0 Å². The monoisotopic (exact) mass is 195 g/mol. The van der Waals surface area contributed by atoms with E-state index in [-0.39, 0.29) is 12.0 Å². The minimum atomic E-state index is -0.484. The van der Waals surface area contributed by atoms with Crippen molar-refractivity contribution in [3.05, 3.63) is 23.5 Å². The fourth-order valence-electron chi connectivity index (χ4n) is 1.14. The Labute approximate surface area is 81.7 Å². The van der Waals surface area contributed by atoms with Crippen LogP contribution in [0.5, 0.6) is 11.5 Å². The zero-order valence-electron chi connectivity index (χ0n) is 8.00. The van der Waals surface area contributed by atoms with E-state index in [0.29, 0.717) is 11.5 Å². The number of nitrogens with zero attached hydrogens (tertiary/aromatic N) is 1. The minimum Gasteiger partial charge on any atom is -0.497 e. The van der Waals surface area contributed by atoms with E-state index in [2.05, 4.69) is 0 Å². The SMILES string of the molecule is COc1cc(F)c(CC#N)c(OC)c1. The number of halogens is 1. The number of hydrogen-bond acceptors (Lipinski definition) is 3. The molecular weight excluding hydrogens is 185 g/mol. The van der Waals surface area contributed by atoms with Crippen molar-refractivity contribution in [2.24, 2.45) is 0 Å². The lowest BCUT2D eigenvalue weighted by Crippen LogP contribution is -1.97. The van der Waals surface area contributed by atoms with Crippen molar-refractivity contribution in [3.63, 3.8) is 0 Å². The maximum Gasteiger partial charge on any atom is 0.134 e. The quantitative estimate of drug-likeness (QED) is 0.739. The molecule has 0 aliphatic carbocycles. The normalized spacial score (nSPS) is 9.29. The fourth-order valence-corrected chi connectivity index (χ4v) is 1.14. The summed E-state index contributed by atoms with van der Waals surface area (Å²) in [7, 11) is 2.87. The Balaban J connectivity index is 3.21. The van der Waals surface area contributed by atoms with Crippen LogP contribution in [0.25, 0.3) is 0 Å². The molecule has 0 bridgehead atoms. The first kappa shape index (κ1) is 10.3. The summed E-state index contributed by atoms with van der Waals surface area (Å²) in [5.74, 6) is 0.229. The zero-order valence-corrected chi connectivity index (χ0v) is 8.00. The third-order valence-corrected chi connectivity index (χ3v) is 1.84. The maximum absolute atomic E-state index is 13.4. The van der Waals surface area contributed by atoms with Crippen LogP contribution in [0, 0.1) is 17.1 Å². The Bertz CT molecular complexity index is 371. The van der Waals surface area contributed by atoms with Crippen molar-refractivity contribution in [1.29, 1.82) is 5.26 Å². The number of hydrogen-bond donors (Lipinski definition) is 0. The number of benzene rings is 1. The minimum absolute atomic E-state index is 0.0149. The van der Waals surface area contributed by atoms with Crippen molar-refractivity contribution >= 4 is 0 Å². The summed E-state index contributed by atoms with van der Waals surface area (Å²) < 4.78 is 23.2. The highest BCUT2D eigenvalue weighted by atomic mass is 19.1. The Morgan fingerprint density at radius 3 is 2.57 bits per heavy atom. The Morgan fingerprint density at radius 1 is 1.36 bits per heavy atom. The van der Waals surface area contributed by atoms with Crippen LogP contribution in [-0.2, 0) is 6.42 Å². The lowest BCUT2D eigenvalue weighted by Gasteiger charge is -2.08. The molecule has 0 N–H and O–H groups in total. The topological polar surface area (TPSA) is 42.2 Å². The molecule has 74 valence electrons.